The number of ether oxygens (including phenoxy) is 2. The van der Waals surface area contributed by atoms with Crippen LogP contribution in [0.15, 0.2) is 102 Å². The van der Waals surface area contributed by atoms with Gasteiger partial charge < -0.3 is 19.7 Å². The summed E-state index contributed by atoms with van der Waals surface area (Å²) >= 11 is 12.8. The molecular formula is C36H39Cl2N3O6S. The quantitative estimate of drug-likeness (QED) is 0.164. The second kappa shape index (κ2) is 15.8. The van der Waals surface area contributed by atoms with Crippen molar-refractivity contribution in [2.24, 2.45) is 0 Å². The number of hydrogen-bond acceptors (Lipinski definition) is 6. The Morgan fingerprint density at radius 2 is 1.50 bits per heavy atom. The van der Waals surface area contributed by atoms with Gasteiger partial charge in [0, 0.05) is 34.6 Å². The molecule has 0 aliphatic rings. The van der Waals surface area contributed by atoms with E-state index in [0.29, 0.717) is 21.4 Å². The van der Waals surface area contributed by atoms with Crippen molar-refractivity contribution in [3.63, 3.8) is 0 Å². The molecule has 1 N–H and O–H groups in total. The number of sulfonamides is 1. The number of nitrogens with one attached hydrogen (secondary N) is 1. The van der Waals surface area contributed by atoms with Crippen molar-refractivity contribution in [1.29, 1.82) is 0 Å². The summed E-state index contributed by atoms with van der Waals surface area (Å²) in [7, 11) is -1.50. The van der Waals surface area contributed by atoms with Crippen molar-refractivity contribution in [3.05, 3.63) is 118 Å². The SMILES string of the molecule is COc1ccc(OC)c(N(CC(=O)N(Cc2ccc(Cl)cc2Cl)[C@@H](Cc2ccccc2)C(=O)NC(C)(C)C)S(=O)(=O)c2ccccc2)c1. The summed E-state index contributed by atoms with van der Waals surface area (Å²) in [5.41, 5.74) is 0.773. The van der Waals surface area contributed by atoms with Gasteiger partial charge in [-0.2, -0.15) is 0 Å². The number of hydrogen-bond donors (Lipinski definition) is 1. The molecule has 0 saturated carbocycles. The van der Waals surface area contributed by atoms with Crippen molar-refractivity contribution in [2.75, 3.05) is 25.1 Å². The van der Waals surface area contributed by atoms with Gasteiger partial charge in [-0.15, -0.1) is 0 Å². The Morgan fingerprint density at radius 3 is 2.08 bits per heavy atom. The molecular weight excluding hydrogens is 673 g/mol. The first-order valence-electron chi connectivity index (χ1n) is 15.1. The lowest BCUT2D eigenvalue weighted by molar-refractivity contribution is -0.140. The molecule has 0 bridgehead atoms. The largest absolute Gasteiger partial charge is 0.497 e. The maximum Gasteiger partial charge on any atom is 0.264 e. The molecule has 48 heavy (non-hydrogen) atoms. The summed E-state index contributed by atoms with van der Waals surface area (Å²) in [6, 6.07) is 25.5. The lowest BCUT2D eigenvalue weighted by atomic mass is 10.0. The van der Waals surface area contributed by atoms with Crippen molar-refractivity contribution < 1.29 is 27.5 Å². The standard InChI is InChI=1S/C36H39Cl2N3O6S/c1-36(2,3)39-35(43)32(20-25-12-8-6-9-13-25)40(23-26-16-17-27(37)21-30(26)38)34(42)24-41(48(44,45)29-14-10-7-11-15-29)31-22-28(46-4)18-19-33(31)47-5/h6-19,21-22,32H,20,23-24H2,1-5H3,(H,39,43)/t32-/m0/s1. The van der Waals surface area contributed by atoms with E-state index < -0.39 is 40.0 Å². The van der Waals surface area contributed by atoms with Crippen LogP contribution in [0, 0.1) is 0 Å². The zero-order valence-electron chi connectivity index (χ0n) is 27.4. The molecule has 9 nitrogen and oxygen atoms in total. The molecule has 0 spiro atoms. The Kier molecular flexibility index (Phi) is 12.0. The number of rotatable bonds is 13. The van der Waals surface area contributed by atoms with Gasteiger partial charge in [-0.05, 0) is 68.3 Å². The van der Waals surface area contributed by atoms with Gasteiger partial charge in [-0.25, -0.2) is 8.42 Å². The van der Waals surface area contributed by atoms with Gasteiger partial charge in [0.25, 0.3) is 10.0 Å². The van der Waals surface area contributed by atoms with Gasteiger partial charge in [-0.3, -0.25) is 13.9 Å². The maximum absolute atomic E-state index is 14.7. The minimum atomic E-state index is -4.35. The van der Waals surface area contributed by atoms with E-state index in [2.05, 4.69) is 5.32 Å². The average molecular weight is 713 g/mol. The fraction of sp³-hybridized carbons (Fsp3) is 0.278. The number of nitrogens with zero attached hydrogens (tertiary/aromatic N) is 2. The summed E-state index contributed by atoms with van der Waals surface area (Å²) in [4.78, 5) is 30.1. The molecule has 0 saturated heterocycles. The van der Waals surface area contributed by atoms with Gasteiger partial charge in [-0.1, -0.05) is 77.8 Å². The van der Waals surface area contributed by atoms with Crippen LogP contribution in [-0.2, 0) is 32.6 Å². The molecule has 0 aliphatic carbocycles. The molecule has 254 valence electrons. The van der Waals surface area contributed by atoms with E-state index in [9.17, 15) is 18.0 Å². The van der Waals surface area contributed by atoms with Gasteiger partial charge in [0.05, 0.1) is 24.8 Å². The van der Waals surface area contributed by atoms with Crippen molar-refractivity contribution in [1.82, 2.24) is 10.2 Å². The summed E-state index contributed by atoms with van der Waals surface area (Å²) in [5, 5.41) is 3.69. The predicted molar refractivity (Wildman–Crippen MR) is 189 cm³/mol. The van der Waals surface area contributed by atoms with Gasteiger partial charge >= 0.3 is 0 Å². The molecule has 0 unspecified atom stereocenters. The Morgan fingerprint density at radius 1 is 0.854 bits per heavy atom. The highest BCUT2D eigenvalue weighted by Crippen LogP contribution is 2.36. The van der Waals surface area contributed by atoms with E-state index in [1.54, 1.807) is 48.5 Å². The molecule has 12 heteroatoms. The Bertz CT molecular complexity index is 1830. The van der Waals surface area contributed by atoms with Crippen LogP contribution in [0.1, 0.15) is 31.9 Å². The normalized spacial score (nSPS) is 12.1. The zero-order chi connectivity index (χ0) is 35.1. The predicted octanol–water partition coefficient (Wildman–Crippen LogP) is 6.76. The van der Waals surface area contributed by atoms with Gasteiger partial charge in [0.2, 0.25) is 11.8 Å². The Hall–Kier alpha value is -4.25. The maximum atomic E-state index is 14.7. The second-order valence-corrected chi connectivity index (χ2v) is 14.8. The topological polar surface area (TPSA) is 105 Å². The zero-order valence-corrected chi connectivity index (χ0v) is 29.8. The molecule has 1 atom stereocenters. The first kappa shape index (κ1) is 36.6. The lowest BCUT2D eigenvalue weighted by Crippen LogP contribution is -2.56. The average Bonchev–Trinajstić information content (AvgIpc) is 3.05. The smallest absolute Gasteiger partial charge is 0.264 e. The van der Waals surface area contributed by atoms with Gasteiger partial charge in [0.1, 0.15) is 24.1 Å². The third kappa shape index (κ3) is 9.21. The molecule has 0 fully saturated rings. The van der Waals surface area contributed by atoms with Crippen molar-refractivity contribution >= 4 is 50.7 Å². The molecule has 0 heterocycles. The third-order valence-electron chi connectivity index (χ3n) is 7.39. The van der Waals surface area contributed by atoms with Crippen LogP contribution in [0.2, 0.25) is 10.0 Å². The molecule has 0 aromatic heterocycles. The van der Waals surface area contributed by atoms with Crippen molar-refractivity contribution in [2.45, 2.75) is 50.2 Å². The number of halogens is 2. The van der Waals surface area contributed by atoms with Crippen LogP contribution < -0.4 is 19.1 Å². The van der Waals surface area contributed by atoms with Crippen LogP contribution in [0.3, 0.4) is 0 Å². The van der Waals surface area contributed by atoms with Crippen LogP contribution in [0.4, 0.5) is 5.69 Å². The van der Waals surface area contributed by atoms with E-state index in [1.165, 1.54) is 37.3 Å². The van der Waals surface area contributed by atoms with E-state index in [4.69, 9.17) is 32.7 Å². The van der Waals surface area contributed by atoms with Gasteiger partial charge in [0.15, 0.2) is 0 Å². The minimum Gasteiger partial charge on any atom is -0.497 e. The number of benzene rings is 4. The monoisotopic (exact) mass is 711 g/mol. The fourth-order valence-electron chi connectivity index (χ4n) is 5.06. The third-order valence-corrected chi connectivity index (χ3v) is 9.75. The number of carbonyl (C=O) groups is 2. The van der Waals surface area contributed by atoms with Crippen molar-refractivity contribution in [3.8, 4) is 11.5 Å². The second-order valence-electron chi connectivity index (χ2n) is 12.1. The summed E-state index contributed by atoms with van der Waals surface area (Å²) in [5.74, 6) is -0.527. The molecule has 0 radical (unpaired) electrons. The summed E-state index contributed by atoms with van der Waals surface area (Å²) in [6.07, 6.45) is 0.146. The fourth-order valence-corrected chi connectivity index (χ4v) is 6.97. The Balaban J connectivity index is 1.89. The molecule has 4 rings (SSSR count). The lowest BCUT2D eigenvalue weighted by Gasteiger charge is -2.35. The number of amides is 2. The van der Waals surface area contributed by atoms with E-state index in [-0.39, 0.29) is 29.3 Å². The number of carbonyl (C=O) groups excluding carboxylic acids is 2. The highest BCUT2D eigenvalue weighted by Gasteiger charge is 2.36. The number of anilines is 1. The molecule has 2 amide bonds. The first-order valence-corrected chi connectivity index (χ1v) is 17.3. The van der Waals surface area contributed by atoms with Crippen LogP contribution in [0.5, 0.6) is 11.5 Å². The summed E-state index contributed by atoms with van der Waals surface area (Å²) in [6.45, 7) is 4.74. The summed E-state index contributed by atoms with van der Waals surface area (Å²) < 4.78 is 40.6. The van der Waals surface area contributed by atoms with Crippen LogP contribution in [-0.4, -0.2) is 57.5 Å². The molecule has 4 aromatic rings. The molecule has 0 aliphatic heterocycles. The number of methoxy groups -OCH3 is 2. The first-order chi connectivity index (χ1) is 22.7. The highest BCUT2D eigenvalue weighted by molar-refractivity contribution is 7.92. The minimum absolute atomic E-state index is 0.0405. The molecule has 4 aromatic carbocycles. The van der Waals surface area contributed by atoms with E-state index >= 15 is 0 Å². The van der Waals surface area contributed by atoms with E-state index in [0.717, 1.165) is 9.87 Å². The van der Waals surface area contributed by atoms with E-state index in [1.807, 2.05) is 51.1 Å². The van der Waals surface area contributed by atoms with Crippen LogP contribution in [0.25, 0.3) is 0 Å². The van der Waals surface area contributed by atoms with Crippen LogP contribution >= 0.6 is 23.2 Å². The highest BCUT2D eigenvalue weighted by atomic mass is 35.5. The Labute approximate surface area is 292 Å².